The monoisotopic (exact) mass is 412 g/mol. The molecule has 0 radical (unpaired) electrons. The number of benzene rings is 2. The highest BCUT2D eigenvalue weighted by Gasteiger charge is 2.26. The van der Waals surface area contributed by atoms with E-state index >= 15 is 0 Å². The van der Waals surface area contributed by atoms with Gasteiger partial charge in [0.05, 0.1) is 0 Å². The number of nitrogens with zero attached hydrogens (tertiary/aromatic N) is 1. The molecule has 30 heavy (non-hydrogen) atoms. The first kappa shape index (κ1) is 20.3. The average Bonchev–Trinajstić information content (AvgIpc) is 3.02. The van der Waals surface area contributed by atoms with Crippen molar-refractivity contribution in [3.8, 4) is 0 Å². The molecule has 1 heterocycles. The average molecular weight is 412 g/mol. The largest absolute Gasteiger partial charge is 0.347 e. The lowest BCUT2D eigenvalue weighted by Crippen LogP contribution is -2.27. The predicted molar refractivity (Wildman–Crippen MR) is 109 cm³/mol. The molecule has 0 atom stereocenters. The maximum Gasteiger partial charge on any atom is 0.268 e. The molecular weight excluding hydrogens is 389 g/mol. The first-order valence-electron chi connectivity index (χ1n) is 10.1. The molecule has 1 aromatic heterocycles. The molecule has 1 amide bonds. The number of halogens is 3. The summed E-state index contributed by atoms with van der Waals surface area (Å²) in [4.78, 5) is 13.1. The van der Waals surface area contributed by atoms with Crippen molar-refractivity contribution in [2.75, 3.05) is 0 Å². The number of carbonyl (C=O) groups is 1. The van der Waals surface area contributed by atoms with Crippen LogP contribution in [0.3, 0.4) is 0 Å². The van der Waals surface area contributed by atoms with Gasteiger partial charge in [-0.25, -0.2) is 13.2 Å². The van der Waals surface area contributed by atoms with Gasteiger partial charge in [-0.05, 0) is 79.1 Å². The Labute approximate surface area is 173 Å². The zero-order chi connectivity index (χ0) is 21.3. The van der Waals surface area contributed by atoms with Crippen LogP contribution in [0.2, 0.25) is 0 Å². The molecule has 3 nitrogen and oxygen atoms in total. The Morgan fingerprint density at radius 2 is 1.67 bits per heavy atom. The van der Waals surface area contributed by atoms with Crippen molar-refractivity contribution in [2.45, 2.75) is 45.7 Å². The van der Waals surface area contributed by atoms with Gasteiger partial charge in [-0.2, -0.15) is 0 Å². The number of hydrogen-bond donors (Lipinski definition) is 1. The summed E-state index contributed by atoms with van der Waals surface area (Å²) in [5.74, 6) is -2.34. The van der Waals surface area contributed by atoms with Crippen LogP contribution in [-0.4, -0.2) is 10.5 Å². The SMILES string of the molecule is Cc1c2c(n(Cc3ccc(F)c(F)c3)c1C(=O)NCc1ccc(F)cc1)CCCC2. The Morgan fingerprint density at radius 3 is 2.40 bits per heavy atom. The quantitative estimate of drug-likeness (QED) is 0.624. The third-order valence-corrected chi connectivity index (χ3v) is 5.75. The molecule has 2 aromatic carbocycles. The third kappa shape index (κ3) is 3.99. The molecule has 3 aromatic rings. The van der Waals surface area contributed by atoms with Gasteiger partial charge in [0, 0.05) is 18.8 Å². The van der Waals surface area contributed by atoms with Crippen LogP contribution in [0.15, 0.2) is 42.5 Å². The van der Waals surface area contributed by atoms with E-state index in [-0.39, 0.29) is 18.3 Å². The highest BCUT2D eigenvalue weighted by atomic mass is 19.2. The normalized spacial score (nSPS) is 13.2. The van der Waals surface area contributed by atoms with Crippen molar-refractivity contribution in [3.63, 3.8) is 0 Å². The first-order chi connectivity index (χ1) is 14.4. The highest BCUT2D eigenvalue weighted by molar-refractivity contribution is 5.95. The van der Waals surface area contributed by atoms with E-state index in [1.54, 1.807) is 18.2 Å². The molecule has 1 aliphatic rings. The fourth-order valence-electron chi connectivity index (χ4n) is 4.23. The lowest BCUT2D eigenvalue weighted by Gasteiger charge is -2.17. The van der Waals surface area contributed by atoms with Gasteiger partial charge in [0.15, 0.2) is 11.6 Å². The van der Waals surface area contributed by atoms with Crippen LogP contribution in [0.25, 0.3) is 0 Å². The molecule has 0 saturated carbocycles. The van der Waals surface area contributed by atoms with E-state index in [9.17, 15) is 18.0 Å². The lowest BCUT2D eigenvalue weighted by atomic mass is 9.95. The van der Waals surface area contributed by atoms with Gasteiger partial charge in [0.1, 0.15) is 11.5 Å². The minimum absolute atomic E-state index is 0.228. The van der Waals surface area contributed by atoms with Crippen molar-refractivity contribution in [2.24, 2.45) is 0 Å². The number of aromatic nitrogens is 1. The van der Waals surface area contributed by atoms with E-state index in [4.69, 9.17) is 0 Å². The summed E-state index contributed by atoms with van der Waals surface area (Å²) in [6.07, 6.45) is 3.86. The molecule has 0 bridgehead atoms. The van der Waals surface area contributed by atoms with Gasteiger partial charge < -0.3 is 9.88 Å². The molecule has 0 spiro atoms. The molecule has 6 heteroatoms. The smallest absolute Gasteiger partial charge is 0.268 e. The number of fused-ring (bicyclic) bond motifs is 1. The zero-order valence-electron chi connectivity index (χ0n) is 16.8. The number of nitrogens with one attached hydrogen (secondary N) is 1. The Morgan fingerprint density at radius 1 is 0.967 bits per heavy atom. The highest BCUT2D eigenvalue weighted by Crippen LogP contribution is 2.30. The molecule has 1 N–H and O–H groups in total. The topological polar surface area (TPSA) is 34.0 Å². The lowest BCUT2D eigenvalue weighted by molar-refractivity contribution is 0.0941. The van der Waals surface area contributed by atoms with Crippen LogP contribution in [0.5, 0.6) is 0 Å². The summed E-state index contributed by atoms with van der Waals surface area (Å²) in [5.41, 5.74) is 5.15. The molecule has 0 saturated heterocycles. The molecule has 156 valence electrons. The number of carbonyl (C=O) groups excluding carboxylic acids is 1. The van der Waals surface area contributed by atoms with Gasteiger partial charge >= 0.3 is 0 Å². The molecular formula is C24H23F3N2O. The van der Waals surface area contributed by atoms with Crippen LogP contribution in [0.1, 0.15) is 51.3 Å². The summed E-state index contributed by atoms with van der Waals surface area (Å²) >= 11 is 0. The van der Waals surface area contributed by atoms with E-state index in [0.29, 0.717) is 17.8 Å². The van der Waals surface area contributed by atoms with Crippen LogP contribution in [-0.2, 0) is 25.9 Å². The van der Waals surface area contributed by atoms with Crippen molar-refractivity contribution >= 4 is 5.91 Å². The van der Waals surface area contributed by atoms with E-state index in [1.807, 2.05) is 11.5 Å². The van der Waals surface area contributed by atoms with Crippen molar-refractivity contribution in [1.82, 2.24) is 9.88 Å². The standard InChI is InChI=1S/C24H23F3N2O/c1-15-19-4-2-3-5-22(19)29(14-17-8-11-20(26)21(27)12-17)23(15)24(30)28-13-16-6-9-18(25)10-7-16/h6-12H,2-5,13-14H2,1H3,(H,28,30). The fraction of sp³-hybridized carbons (Fsp3) is 0.292. The summed E-state index contributed by atoms with van der Waals surface area (Å²) < 4.78 is 42.1. The summed E-state index contributed by atoms with van der Waals surface area (Å²) in [6, 6.07) is 9.82. The Kier molecular flexibility index (Phi) is 5.66. The van der Waals surface area contributed by atoms with E-state index in [2.05, 4.69) is 5.32 Å². The Hall–Kier alpha value is -3.02. The van der Waals surface area contributed by atoms with Crippen molar-refractivity contribution in [3.05, 3.63) is 93.6 Å². The second kappa shape index (κ2) is 8.38. The number of hydrogen-bond acceptors (Lipinski definition) is 1. The van der Waals surface area contributed by atoms with Crippen LogP contribution < -0.4 is 5.32 Å². The van der Waals surface area contributed by atoms with Gasteiger partial charge in [0.25, 0.3) is 5.91 Å². The van der Waals surface area contributed by atoms with E-state index in [1.165, 1.54) is 23.8 Å². The van der Waals surface area contributed by atoms with Gasteiger partial charge in [0.2, 0.25) is 0 Å². The van der Waals surface area contributed by atoms with Crippen molar-refractivity contribution < 1.29 is 18.0 Å². The van der Waals surface area contributed by atoms with E-state index in [0.717, 1.165) is 48.6 Å². The number of amides is 1. The maximum absolute atomic E-state index is 13.7. The zero-order valence-corrected chi connectivity index (χ0v) is 16.8. The second-order valence-electron chi connectivity index (χ2n) is 7.75. The summed E-state index contributed by atoms with van der Waals surface area (Å²) in [5, 5.41) is 2.92. The Balaban J connectivity index is 1.65. The van der Waals surface area contributed by atoms with Crippen molar-refractivity contribution in [1.29, 1.82) is 0 Å². The van der Waals surface area contributed by atoms with Crippen LogP contribution >= 0.6 is 0 Å². The van der Waals surface area contributed by atoms with Gasteiger partial charge in [-0.3, -0.25) is 4.79 Å². The predicted octanol–water partition coefficient (Wildman–Crippen LogP) is 5.07. The van der Waals surface area contributed by atoms with Gasteiger partial charge in [-0.15, -0.1) is 0 Å². The Bertz CT molecular complexity index is 1090. The number of rotatable bonds is 5. The summed E-state index contributed by atoms with van der Waals surface area (Å²) in [6.45, 7) is 2.52. The minimum atomic E-state index is -0.896. The molecule has 4 rings (SSSR count). The molecule has 0 fully saturated rings. The van der Waals surface area contributed by atoms with E-state index < -0.39 is 11.6 Å². The minimum Gasteiger partial charge on any atom is -0.347 e. The maximum atomic E-state index is 13.7. The first-order valence-corrected chi connectivity index (χ1v) is 10.1. The molecule has 1 aliphatic carbocycles. The molecule has 0 unspecified atom stereocenters. The molecule has 0 aliphatic heterocycles. The van der Waals surface area contributed by atoms with Crippen LogP contribution in [0, 0.1) is 24.4 Å². The van der Waals surface area contributed by atoms with Gasteiger partial charge in [-0.1, -0.05) is 18.2 Å². The fourth-order valence-corrected chi connectivity index (χ4v) is 4.23. The summed E-state index contributed by atoms with van der Waals surface area (Å²) in [7, 11) is 0. The second-order valence-corrected chi connectivity index (χ2v) is 7.75. The third-order valence-electron chi connectivity index (χ3n) is 5.75. The van der Waals surface area contributed by atoms with Crippen LogP contribution in [0.4, 0.5) is 13.2 Å².